The first kappa shape index (κ1) is 23.3. The van der Waals surface area contributed by atoms with Crippen LogP contribution in [0.3, 0.4) is 0 Å². The fourth-order valence-corrected chi connectivity index (χ4v) is 3.36. The van der Waals surface area contributed by atoms with Crippen molar-refractivity contribution in [2.24, 2.45) is 0 Å². The number of benzene rings is 2. The van der Waals surface area contributed by atoms with E-state index in [2.05, 4.69) is 48.8 Å². The number of ether oxygens (including phenoxy) is 2. The Bertz CT molecular complexity index is 789. The Hall–Kier alpha value is -2.01. The molecule has 2 aromatic carbocycles. The summed E-state index contributed by atoms with van der Waals surface area (Å²) in [6.45, 7) is 9.24. The highest BCUT2D eigenvalue weighted by atomic mass is 79.9. The normalized spacial score (nSPS) is 12.0. The van der Waals surface area contributed by atoms with E-state index >= 15 is 0 Å². The van der Waals surface area contributed by atoms with E-state index in [1.165, 1.54) is 5.56 Å². The summed E-state index contributed by atoms with van der Waals surface area (Å²) in [4.78, 5) is 13.1. The molecular weight excluding hydrogens is 430 g/mol. The van der Waals surface area contributed by atoms with Crippen molar-refractivity contribution in [2.75, 3.05) is 13.6 Å². The first-order valence-electron chi connectivity index (χ1n) is 10.2. The van der Waals surface area contributed by atoms with Gasteiger partial charge in [-0.1, -0.05) is 48.8 Å². The summed E-state index contributed by atoms with van der Waals surface area (Å²) in [5.41, 5.74) is 2.34. The van der Waals surface area contributed by atoms with Crippen LogP contribution in [0.1, 0.15) is 57.6 Å². The van der Waals surface area contributed by atoms with Crippen molar-refractivity contribution in [2.45, 2.75) is 59.2 Å². The lowest BCUT2D eigenvalue weighted by atomic mass is 10.0. The Balaban J connectivity index is 1.90. The second kappa shape index (κ2) is 11.2. The standard InChI is InChI=1S/C24H32BrNO3/c1-6-22(11-12-26(5)18(4)27)29-23-9-7-19(8-10-23)16-28-24-14-20(17(2)3)13-21(25)15-24/h7-10,13-15,17,22H,6,11-12,16H2,1-5H3. The van der Waals surface area contributed by atoms with Crippen LogP contribution >= 0.6 is 15.9 Å². The maximum absolute atomic E-state index is 11.3. The molecule has 0 aromatic heterocycles. The number of amides is 1. The van der Waals surface area contributed by atoms with Crippen LogP contribution in [0.5, 0.6) is 11.5 Å². The minimum absolute atomic E-state index is 0.0789. The van der Waals surface area contributed by atoms with Gasteiger partial charge < -0.3 is 14.4 Å². The van der Waals surface area contributed by atoms with Crippen molar-refractivity contribution in [3.8, 4) is 11.5 Å². The van der Waals surface area contributed by atoms with Gasteiger partial charge >= 0.3 is 0 Å². The number of nitrogens with zero attached hydrogens (tertiary/aromatic N) is 1. The van der Waals surface area contributed by atoms with E-state index in [4.69, 9.17) is 9.47 Å². The van der Waals surface area contributed by atoms with Crippen LogP contribution in [0.2, 0.25) is 0 Å². The zero-order valence-corrected chi connectivity index (χ0v) is 19.7. The van der Waals surface area contributed by atoms with E-state index in [-0.39, 0.29) is 12.0 Å². The first-order chi connectivity index (χ1) is 13.8. The number of carbonyl (C=O) groups is 1. The van der Waals surface area contributed by atoms with Gasteiger partial charge in [0.25, 0.3) is 0 Å². The molecular formula is C24H32BrNO3. The molecule has 0 N–H and O–H groups in total. The van der Waals surface area contributed by atoms with Crippen molar-refractivity contribution in [3.05, 3.63) is 58.1 Å². The van der Waals surface area contributed by atoms with Gasteiger partial charge in [0.05, 0.1) is 0 Å². The van der Waals surface area contributed by atoms with E-state index in [9.17, 15) is 4.79 Å². The predicted molar refractivity (Wildman–Crippen MR) is 122 cm³/mol. The van der Waals surface area contributed by atoms with Crippen LogP contribution in [0, 0.1) is 0 Å². The molecule has 5 heteroatoms. The second-order valence-electron chi connectivity index (χ2n) is 7.68. The molecule has 0 bridgehead atoms. The molecule has 0 fully saturated rings. The minimum Gasteiger partial charge on any atom is -0.490 e. The predicted octanol–water partition coefficient (Wildman–Crippen LogP) is 6.18. The molecule has 4 nitrogen and oxygen atoms in total. The maximum Gasteiger partial charge on any atom is 0.219 e. The van der Waals surface area contributed by atoms with Gasteiger partial charge in [-0.3, -0.25) is 4.79 Å². The van der Waals surface area contributed by atoms with E-state index in [1.54, 1.807) is 11.8 Å². The molecule has 0 aliphatic heterocycles. The highest BCUT2D eigenvalue weighted by Gasteiger charge is 2.11. The molecule has 158 valence electrons. The fourth-order valence-electron chi connectivity index (χ4n) is 2.87. The van der Waals surface area contributed by atoms with Gasteiger partial charge in [-0.15, -0.1) is 0 Å². The molecule has 0 radical (unpaired) electrons. The maximum atomic E-state index is 11.3. The molecule has 0 spiro atoms. The molecule has 2 rings (SSSR count). The number of hydrogen-bond donors (Lipinski definition) is 0. The average molecular weight is 462 g/mol. The SMILES string of the molecule is CCC(CCN(C)C(C)=O)Oc1ccc(COc2cc(Br)cc(C(C)C)c2)cc1. The van der Waals surface area contributed by atoms with E-state index in [0.717, 1.165) is 34.4 Å². The molecule has 1 unspecified atom stereocenters. The van der Waals surface area contributed by atoms with Crippen LogP contribution in [0.4, 0.5) is 0 Å². The fraction of sp³-hybridized carbons (Fsp3) is 0.458. The molecule has 0 saturated carbocycles. The Kier molecular flexibility index (Phi) is 9.02. The first-order valence-corrected chi connectivity index (χ1v) is 11.0. The van der Waals surface area contributed by atoms with Crippen LogP contribution < -0.4 is 9.47 Å². The molecule has 1 atom stereocenters. The zero-order chi connectivity index (χ0) is 21.4. The Morgan fingerprint density at radius 2 is 1.79 bits per heavy atom. The smallest absolute Gasteiger partial charge is 0.219 e. The number of carbonyl (C=O) groups excluding carboxylic acids is 1. The number of halogens is 1. The van der Waals surface area contributed by atoms with Crippen molar-refractivity contribution < 1.29 is 14.3 Å². The average Bonchev–Trinajstić information content (AvgIpc) is 2.69. The summed E-state index contributed by atoms with van der Waals surface area (Å²) in [5.74, 6) is 2.24. The minimum atomic E-state index is 0.0789. The molecule has 1 amide bonds. The van der Waals surface area contributed by atoms with Gasteiger partial charge in [-0.2, -0.15) is 0 Å². The molecule has 29 heavy (non-hydrogen) atoms. The Morgan fingerprint density at radius 1 is 1.10 bits per heavy atom. The Labute approximate surface area is 183 Å². The van der Waals surface area contributed by atoms with Crippen LogP contribution in [-0.4, -0.2) is 30.5 Å². The van der Waals surface area contributed by atoms with Gasteiger partial charge in [0.1, 0.15) is 24.2 Å². The summed E-state index contributed by atoms with van der Waals surface area (Å²) in [6, 6.07) is 14.2. The molecule has 0 saturated heterocycles. The molecule has 0 aliphatic carbocycles. The third kappa shape index (κ3) is 7.73. The Morgan fingerprint density at radius 3 is 2.38 bits per heavy atom. The van der Waals surface area contributed by atoms with E-state index < -0.39 is 0 Å². The summed E-state index contributed by atoms with van der Waals surface area (Å²) < 4.78 is 13.1. The monoisotopic (exact) mass is 461 g/mol. The quantitative estimate of drug-likeness (QED) is 0.424. The van der Waals surface area contributed by atoms with Crippen molar-refractivity contribution in [3.63, 3.8) is 0 Å². The van der Waals surface area contributed by atoms with Crippen LogP contribution in [-0.2, 0) is 11.4 Å². The van der Waals surface area contributed by atoms with Crippen molar-refractivity contribution in [1.29, 1.82) is 0 Å². The van der Waals surface area contributed by atoms with Gasteiger partial charge in [0, 0.05) is 31.4 Å². The lowest BCUT2D eigenvalue weighted by Gasteiger charge is -2.21. The molecule has 0 aliphatic rings. The summed E-state index contributed by atoms with van der Waals surface area (Å²) in [6.07, 6.45) is 1.81. The molecule has 0 heterocycles. The molecule has 2 aromatic rings. The largest absolute Gasteiger partial charge is 0.490 e. The van der Waals surface area contributed by atoms with Crippen LogP contribution in [0.25, 0.3) is 0 Å². The number of hydrogen-bond acceptors (Lipinski definition) is 3. The summed E-state index contributed by atoms with van der Waals surface area (Å²) >= 11 is 3.56. The van der Waals surface area contributed by atoms with Gasteiger partial charge in [0.15, 0.2) is 0 Å². The third-order valence-corrected chi connectivity index (χ3v) is 5.43. The lowest BCUT2D eigenvalue weighted by Crippen LogP contribution is -2.29. The highest BCUT2D eigenvalue weighted by Crippen LogP contribution is 2.27. The highest BCUT2D eigenvalue weighted by molar-refractivity contribution is 9.10. The van der Waals surface area contributed by atoms with Crippen molar-refractivity contribution >= 4 is 21.8 Å². The van der Waals surface area contributed by atoms with E-state index in [1.807, 2.05) is 37.4 Å². The van der Waals surface area contributed by atoms with E-state index in [0.29, 0.717) is 19.1 Å². The van der Waals surface area contributed by atoms with Crippen molar-refractivity contribution in [1.82, 2.24) is 4.90 Å². The summed E-state index contributed by atoms with van der Waals surface area (Å²) in [7, 11) is 1.82. The topological polar surface area (TPSA) is 38.8 Å². The zero-order valence-electron chi connectivity index (χ0n) is 18.1. The van der Waals surface area contributed by atoms with Gasteiger partial charge in [-0.25, -0.2) is 0 Å². The third-order valence-electron chi connectivity index (χ3n) is 4.97. The van der Waals surface area contributed by atoms with Gasteiger partial charge in [-0.05, 0) is 53.8 Å². The second-order valence-corrected chi connectivity index (χ2v) is 8.60. The lowest BCUT2D eigenvalue weighted by molar-refractivity contribution is -0.127. The van der Waals surface area contributed by atoms with Gasteiger partial charge in [0.2, 0.25) is 5.91 Å². The van der Waals surface area contributed by atoms with Crippen LogP contribution in [0.15, 0.2) is 46.9 Å². The number of rotatable bonds is 10. The summed E-state index contributed by atoms with van der Waals surface area (Å²) in [5, 5.41) is 0.